The molecule has 0 aliphatic heterocycles. The third kappa shape index (κ3) is 2.55. The van der Waals surface area contributed by atoms with E-state index in [0.29, 0.717) is 5.69 Å². The van der Waals surface area contributed by atoms with Gasteiger partial charge in [0, 0.05) is 23.8 Å². The van der Waals surface area contributed by atoms with Crippen molar-refractivity contribution in [1.29, 1.82) is 0 Å². The highest BCUT2D eigenvalue weighted by molar-refractivity contribution is 9.10. The largest absolute Gasteiger partial charge is 0.348 e. The molecule has 1 atom stereocenters. The number of halogens is 1. The summed E-state index contributed by atoms with van der Waals surface area (Å²) in [7, 11) is 1.88. The van der Waals surface area contributed by atoms with Gasteiger partial charge in [-0.05, 0) is 41.3 Å². The molecule has 1 amide bonds. The molecule has 86 valence electrons. The van der Waals surface area contributed by atoms with Crippen LogP contribution in [-0.2, 0) is 7.05 Å². The second kappa shape index (κ2) is 4.87. The summed E-state index contributed by atoms with van der Waals surface area (Å²) < 4.78 is 2.77. The van der Waals surface area contributed by atoms with Crippen LogP contribution in [0.15, 0.2) is 28.9 Å². The van der Waals surface area contributed by atoms with Gasteiger partial charge in [-0.15, -0.1) is 0 Å². The van der Waals surface area contributed by atoms with Crippen LogP contribution in [0.1, 0.15) is 29.8 Å². The molecule has 0 bridgehead atoms. The number of nitrogens with one attached hydrogen (secondary N) is 1. The van der Waals surface area contributed by atoms with Crippen molar-refractivity contribution in [2.24, 2.45) is 7.05 Å². The lowest BCUT2D eigenvalue weighted by Crippen LogP contribution is -2.36. The number of allylic oxidation sites excluding steroid dienone is 1. The molecule has 16 heavy (non-hydrogen) atoms. The lowest BCUT2D eigenvalue weighted by Gasteiger charge is -2.19. The molecule has 4 heteroatoms. The van der Waals surface area contributed by atoms with Crippen molar-refractivity contribution < 1.29 is 4.79 Å². The first-order valence-corrected chi connectivity index (χ1v) is 6.24. The lowest BCUT2D eigenvalue weighted by molar-refractivity contribution is 0.0926. The number of aryl methyl sites for hydroxylation is 1. The van der Waals surface area contributed by atoms with Crippen molar-refractivity contribution in [3.8, 4) is 0 Å². The highest BCUT2D eigenvalue weighted by atomic mass is 79.9. The third-order valence-corrected chi connectivity index (χ3v) is 3.24. The van der Waals surface area contributed by atoms with Gasteiger partial charge < -0.3 is 9.88 Å². The zero-order chi connectivity index (χ0) is 11.5. The second-order valence-electron chi connectivity index (χ2n) is 4.11. The summed E-state index contributed by atoms with van der Waals surface area (Å²) in [5, 5.41) is 3.06. The molecular formula is C12H15BrN2O. The van der Waals surface area contributed by atoms with E-state index in [1.54, 1.807) is 0 Å². The minimum atomic E-state index is 0.00787. The van der Waals surface area contributed by atoms with E-state index in [1.807, 2.05) is 23.9 Å². The summed E-state index contributed by atoms with van der Waals surface area (Å²) in [6.45, 7) is 0. The van der Waals surface area contributed by atoms with Crippen molar-refractivity contribution in [3.05, 3.63) is 34.6 Å². The molecule has 0 radical (unpaired) electrons. The molecular weight excluding hydrogens is 268 g/mol. The van der Waals surface area contributed by atoms with Crippen LogP contribution in [-0.4, -0.2) is 16.5 Å². The third-order valence-electron chi connectivity index (χ3n) is 2.81. The van der Waals surface area contributed by atoms with Gasteiger partial charge in [-0.3, -0.25) is 4.79 Å². The molecule has 0 aromatic carbocycles. The summed E-state index contributed by atoms with van der Waals surface area (Å²) in [4.78, 5) is 12.0. The Morgan fingerprint density at radius 2 is 2.38 bits per heavy atom. The highest BCUT2D eigenvalue weighted by Gasteiger charge is 2.16. The Bertz CT molecular complexity index is 423. The van der Waals surface area contributed by atoms with E-state index in [1.165, 1.54) is 0 Å². The van der Waals surface area contributed by atoms with Crippen LogP contribution in [0.2, 0.25) is 0 Å². The fraction of sp³-hybridized carbons (Fsp3) is 0.417. The molecule has 0 saturated carbocycles. The zero-order valence-electron chi connectivity index (χ0n) is 9.24. The van der Waals surface area contributed by atoms with Crippen LogP contribution in [0.5, 0.6) is 0 Å². The Hall–Kier alpha value is -1.03. The number of nitrogens with zero attached hydrogens (tertiary/aromatic N) is 1. The Labute approximate surface area is 104 Å². The Morgan fingerprint density at radius 3 is 2.94 bits per heavy atom. The minimum absolute atomic E-state index is 0.00787. The van der Waals surface area contributed by atoms with Crippen LogP contribution in [0.3, 0.4) is 0 Å². The molecule has 2 rings (SSSR count). The summed E-state index contributed by atoms with van der Waals surface area (Å²) in [6.07, 6.45) is 9.22. The molecule has 0 fully saturated rings. The summed E-state index contributed by atoms with van der Waals surface area (Å²) in [5.41, 5.74) is 0.696. The second-order valence-corrected chi connectivity index (χ2v) is 5.02. The number of amides is 1. The van der Waals surface area contributed by atoms with E-state index in [4.69, 9.17) is 0 Å². The van der Waals surface area contributed by atoms with Crippen LogP contribution in [0, 0.1) is 0 Å². The van der Waals surface area contributed by atoms with E-state index < -0.39 is 0 Å². The van der Waals surface area contributed by atoms with Crippen LogP contribution in [0.25, 0.3) is 0 Å². The lowest BCUT2D eigenvalue weighted by atomic mass is 10.0. The molecule has 3 nitrogen and oxygen atoms in total. The number of aromatic nitrogens is 1. The molecule has 0 saturated heterocycles. The fourth-order valence-corrected chi connectivity index (χ4v) is 2.46. The molecule has 1 heterocycles. The van der Waals surface area contributed by atoms with Gasteiger partial charge in [-0.25, -0.2) is 0 Å². The molecule has 1 N–H and O–H groups in total. The van der Waals surface area contributed by atoms with Crippen molar-refractivity contribution in [1.82, 2.24) is 9.88 Å². The van der Waals surface area contributed by atoms with E-state index in [2.05, 4.69) is 33.4 Å². The molecule has 1 aromatic heterocycles. The van der Waals surface area contributed by atoms with Crippen molar-refractivity contribution in [3.63, 3.8) is 0 Å². The summed E-state index contributed by atoms with van der Waals surface area (Å²) >= 11 is 3.36. The highest BCUT2D eigenvalue weighted by Crippen LogP contribution is 2.15. The minimum Gasteiger partial charge on any atom is -0.348 e. The quantitative estimate of drug-likeness (QED) is 0.832. The maximum atomic E-state index is 12.0. The van der Waals surface area contributed by atoms with Gasteiger partial charge in [0.05, 0.1) is 0 Å². The van der Waals surface area contributed by atoms with Gasteiger partial charge >= 0.3 is 0 Å². The van der Waals surface area contributed by atoms with Gasteiger partial charge in [-0.2, -0.15) is 0 Å². The van der Waals surface area contributed by atoms with Gasteiger partial charge in [-0.1, -0.05) is 12.2 Å². The topological polar surface area (TPSA) is 34.0 Å². The number of hydrogen-bond donors (Lipinski definition) is 1. The number of hydrogen-bond acceptors (Lipinski definition) is 1. The van der Waals surface area contributed by atoms with Crippen molar-refractivity contribution >= 4 is 21.8 Å². The predicted molar refractivity (Wildman–Crippen MR) is 67.4 cm³/mol. The van der Waals surface area contributed by atoms with Crippen molar-refractivity contribution in [2.45, 2.75) is 25.3 Å². The van der Waals surface area contributed by atoms with Gasteiger partial charge in [0.1, 0.15) is 5.69 Å². The zero-order valence-corrected chi connectivity index (χ0v) is 10.8. The Morgan fingerprint density at radius 1 is 1.56 bits per heavy atom. The number of rotatable bonds is 2. The summed E-state index contributed by atoms with van der Waals surface area (Å²) in [6, 6.07) is 2.12. The van der Waals surface area contributed by atoms with Crippen molar-refractivity contribution in [2.75, 3.05) is 0 Å². The van der Waals surface area contributed by atoms with Gasteiger partial charge in [0.15, 0.2) is 0 Å². The molecule has 1 unspecified atom stereocenters. The van der Waals surface area contributed by atoms with E-state index >= 15 is 0 Å². The van der Waals surface area contributed by atoms with Crippen LogP contribution in [0.4, 0.5) is 0 Å². The smallest absolute Gasteiger partial charge is 0.268 e. The first kappa shape index (κ1) is 11.5. The average Bonchev–Trinajstić information content (AvgIpc) is 2.59. The van der Waals surface area contributed by atoms with E-state index in [-0.39, 0.29) is 11.9 Å². The van der Waals surface area contributed by atoms with Gasteiger partial charge in [0.2, 0.25) is 0 Å². The maximum Gasteiger partial charge on any atom is 0.268 e. The Balaban J connectivity index is 2.02. The predicted octanol–water partition coefficient (Wildman–Crippen LogP) is 2.63. The molecule has 0 spiro atoms. The average molecular weight is 283 g/mol. The SMILES string of the molecule is Cn1cc(Br)cc1C(=O)NC1CC=CCC1. The number of carbonyl (C=O) groups is 1. The summed E-state index contributed by atoms with van der Waals surface area (Å²) in [5.74, 6) is 0.00787. The Kier molecular flexibility index (Phi) is 3.49. The number of carbonyl (C=O) groups excluding carboxylic acids is 1. The molecule has 1 aliphatic rings. The molecule has 1 aromatic rings. The van der Waals surface area contributed by atoms with Crippen LogP contribution >= 0.6 is 15.9 Å². The maximum absolute atomic E-state index is 12.0. The van der Waals surface area contributed by atoms with E-state index in [0.717, 1.165) is 23.7 Å². The monoisotopic (exact) mass is 282 g/mol. The van der Waals surface area contributed by atoms with Gasteiger partial charge in [0.25, 0.3) is 5.91 Å². The van der Waals surface area contributed by atoms with E-state index in [9.17, 15) is 4.79 Å². The fourth-order valence-electron chi connectivity index (χ4n) is 1.93. The normalized spacial score (nSPS) is 19.8. The first-order valence-electron chi connectivity index (χ1n) is 5.44. The molecule has 1 aliphatic carbocycles. The van der Waals surface area contributed by atoms with Crippen LogP contribution < -0.4 is 5.32 Å². The standard InChI is InChI=1S/C12H15BrN2O/c1-15-8-9(13)7-11(15)12(16)14-10-5-3-2-4-6-10/h2-3,7-8,10H,4-6H2,1H3,(H,14,16). The first-order chi connectivity index (χ1) is 7.66.